The fourth-order valence-corrected chi connectivity index (χ4v) is 4.21. The number of carbonyl (C=O) groups excluding carboxylic acids is 2. The maximum absolute atomic E-state index is 12.9. The average Bonchev–Trinajstić information content (AvgIpc) is 2.81. The van der Waals surface area contributed by atoms with Gasteiger partial charge in [-0.05, 0) is 62.2 Å². The number of hydrogen-bond acceptors (Lipinski definition) is 4. The molecule has 3 rings (SSSR count). The van der Waals surface area contributed by atoms with E-state index in [9.17, 15) is 18.0 Å². The molecule has 0 saturated heterocycles. The van der Waals surface area contributed by atoms with Gasteiger partial charge in [-0.15, -0.1) is 0 Å². The maximum atomic E-state index is 12.9. The number of nitrogens with one attached hydrogen (secondary N) is 3. The minimum atomic E-state index is -3.80. The zero-order chi connectivity index (χ0) is 24.0. The van der Waals surface area contributed by atoms with Gasteiger partial charge >= 0.3 is 0 Å². The minimum Gasteiger partial charge on any atom is -0.350 e. The van der Waals surface area contributed by atoms with Gasteiger partial charge in [0.2, 0.25) is 0 Å². The number of para-hydroxylation sites is 1. The molecule has 0 aromatic heterocycles. The lowest BCUT2D eigenvalue weighted by Crippen LogP contribution is -2.32. The molecular formula is C25H27N3O4S. The third-order valence-corrected chi connectivity index (χ3v) is 6.59. The summed E-state index contributed by atoms with van der Waals surface area (Å²) in [7, 11) is -3.80. The average molecular weight is 466 g/mol. The van der Waals surface area contributed by atoms with Crippen LogP contribution in [0.3, 0.4) is 0 Å². The van der Waals surface area contributed by atoms with Gasteiger partial charge in [0.15, 0.2) is 0 Å². The van der Waals surface area contributed by atoms with Crippen molar-refractivity contribution < 1.29 is 18.0 Å². The fraction of sp³-hybridized carbons (Fsp3) is 0.200. The Morgan fingerprint density at radius 3 is 2.24 bits per heavy atom. The third kappa shape index (κ3) is 5.98. The SMILES string of the molecule is CC[C@@H](C)NC(=O)c1ccccc1NC(=O)c1ccc(C)c(NS(=O)(=O)c2ccccc2)c1. The zero-order valence-electron chi connectivity index (χ0n) is 18.8. The fourth-order valence-electron chi connectivity index (χ4n) is 3.06. The van der Waals surface area contributed by atoms with Crippen LogP contribution in [-0.2, 0) is 10.0 Å². The van der Waals surface area contributed by atoms with E-state index in [2.05, 4.69) is 15.4 Å². The summed E-state index contributed by atoms with van der Waals surface area (Å²) in [5.41, 5.74) is 1.94. The van der Waals surface area contributed by atoms with E-state index in [0.29, 0.717) is 22.5 Å². The summed E-state index contributed by atoms with van der Waals surface area (Å²) in [6, 6.07) is 19.5. The molecule has 2 amide bonds. The number of rotatable bonds is 8. The molecule has 0 unspecified atom stereocenters. The maximum Gasteiger partial charge on any atom is 0.261 e. The number of amides is 2. The van der Waals surface area contributed by atoms with Crippen molar-refractivity contribution in [1.29, 1.82) is 0 Å². The summed E-state index contributed by atoms with van der Waals surface area (Å²) in [4.78, 5) is 25.7. The van der Waals surface area contributed by atoms with Crippen molar-refractivity contribution in [2.45, 2.75) is 38.1 Å². The Kier molecular flexibility index (Phi) is 7.50. The molecule has 0 aliphatic heterocycles. The second kappa shape index (κ2) is 10.3. The second-order valence-electron chi connectivity index (χ2n) is 7.73. The van der Waals surface area contributed by atoms with Gasteiger partial charge in [-0.1, -0.05) is 43.3 Å². The Bertz CT molecular complexity index is 1260. The zero-order valence-corrected chi connectivity index (χ0v) is 19.6. The van der Waals surface area contributed by atoms with Crippen molar-refractivity contribution >= 4 is 33.2 Å². The molecule has 0 heterocycles. The highest BCUT2D eigenvalue weighted by molar-refractivity contribution is 7.92. The summed E-state index contributed by atoms with van der Waals surface area (Å²) in [5, 5.41) is 5.65. The Morgan fingerprint density at radius 1 is 0.879 bits per heavy atom. The van der Waals surface area contributed by atoms with Crippen molar-refractivity contribution in [3.8, 4) is 0 Å². The summed E-state index contributed by atoms with van der Waals surface area (Å²) in [6.45, 7) is 5.63. The summed E-state index contributed by atoms with van der Waals surface area (Å²) in [5.74, 6) is -0.737. The van der Waals surface area contributed by atoms with Crippen molar-refractivity contribution in [2.75, 3.05) is 10.0 Å². The first-order valence-corrected chi connectivity index (χ1v) is 12.1. The molecule has 0 saturated carbocycles. The lowest BCUT2D eigenvalue weighted by atomic mass is 10.1. The van der Waals surface area contributed by atoms with Crippen LogP contribution in [0.5, 0.6) is 0 Å². The van der Waals surface area contributed by atoms with E-state index in [1.807, 2.05) is 13.8 Å². The van der Waals surface area contributed by atoms with Gasteiger partial charge in [0.1, 0.15) is 0 Å². The molecule has 0 aliphatic rings. The first kappa shape index (κ1) is 24.0. The lowest BCUT2D eigenvalue weighted by molar-refractivity contribution is 0.0940. The third-order valence-electron chi connectivity index (χ3n) is 5.21. The number of carbonyl (C=O) groups is 2. The highest BCUT2D eigenvalue weighted by Gasteiger charge is 2.18. The summed E-state index contributed by atoms with van der Waals surface area (Å²) < 4.78 is 28.0. The summed E-state index contributed by atoms with van der Waals surface area (Å²) in [6.07, 6.45) is 0.783. The van der Waals surface area contributed by atoms with E-state index < -0.39 is 15.9 Å². The van der Waals surface area contributed by atoms with Crippen LogP contribution in [0.2, 0.25) is 0 Å². The normalized spacial score (nSPS) is 12.0. The van der Waals surface area contributed by atoms with Crippen molar-refractivity contribution in [3.05, 3.63) is 89.5 Å². The summed E-state index contributed by atoms with van der Waals surface area (Å²) >= 11 is 0. The number of sulfonamides is 1. The van der Waals surface area contributed by atoms with Crippen LogP contribution in [-0.4, -0.2) is 26.3 Å². The van der Waals surface area contributed by atoms with Crippen LogP contribution < -0.4 is 15.4 Å². The predicted molar refractivity (Wildman–Crippen MR) is 130 cm³/mol. The molecule has 0 spiro atoms. The number of hydrogen-bond donors (Lipinski definition) is 3. The van der Waals surface area contributed by atoms with Crippen molar-refractivity contribution in [3.63, 3.8) is 0 Å². The standard InChI is InChI=1S/C25H27N3O4S/c1-4-18(3)26-25(30)21-12-8-9-13-22(21)27-24(29)19-15-14-17(2)23(16-19)28-33(31,32)20-10-6-5-7-11-20/h5-16,18,28H,4H2,1-3H3,(H,26,30)(H,27,29)/t18-/m1/s1. The van der Waals surface area contributed by atoms with Gasteiger partial charge in [-0.3, -0.25) is 14.3 Å². The van der Waals surface area contributed by atoms with E-state index in [-0.39, 0.29) is 22.4 Å². The van der Waals surface area contributed by atoms with E-state index in [4.69, 9.17) is 0 Å². The smallest absolute Gasteiger partial charge is 0.261 e. The molecule has 8 heteroatoms. The van der Waals surface area contributed by atoms with Crippen LogP contribution in [0.4, 0.5) is 11.4 Å². The Balaban J connectivity index is 1.83. The lowest BCUT2D eigenvalue weighted by Gasteiger charge is -2.15. The van der Waals surface area contributed by atoms with Gasteiger partial charge in [0, 0.05) is 11.6 Å². The monoisotopic (exact) mass is 465 g/mol. The van der Waals surface area contributed by atoms with Gasteiger partial charge in [-0.2, -0.15) is 0 Å². The topological polar surface area (TPSA) is 104 Å². The molecule has 3 aromatic carbocycles. The molecule has 33 heavy (non-hydrogen) atoms. The van der Waals surface area contributed by atoms with Gasteiger partial charge in [0.05, 0.1) is 21.8 Å². The van der Waals surface area contributed by atoms with Gasteiger partial charge in [-0.25, -0.2) is 8.42 Å². The highest BCUT2D eigenvalue weighted by Crippen LogP contribution is 2.23. The number of benzene rings is 3. The second-order valence-corrected chi connectivity index (χ2v) is 9.41. The molecular weight excluding hydrogens is 438 g/mol. The Hall–Kier alpha value is -3.65. The molecule has 0 bridgehead atoms. The molecule has 172 valence electrons. The van der Waals surface area contributed by atoms with E-state index in [1.54, 1.807) is 61.5 Å². The predicted octanol–water partition coefficient (Wildman–Crippen LogP) is 4.58. The number of anilines is 2. The molecule has 7 nitrogen and oxygen atoms in total. The Labute approximate surface area is 194 Å². The van der Waals surface area contributed by atoms with Gasteiger partial charge < -0.3 is 10.6 Å². The largest absolute Gasteiger partial charge is 0.350 e. The molecule has 3 aromatic rings. The van der Waals surface area contributed by atoms with Crippen molar-refractivity contribution in [2.24, 2.45) is 0 Å². The van der Waals surface area contributed by atoms with E-state index in [1.165, 1.54) is 18.2 Å². The van der Waals surface area contributed by atoms with Crippen LogP contribution in [0, 0.1) is 6.92 Å². The quantitative estimate of drug-likeness (QED) is 0.453. The highest BCUT2D eigenvalue weighted by atomic mass is 32.2. The van der Waals surface area contributed by atoms with E-state index in [0.717, 1.165) is 6.42 Å². The molecule has 1 atom stereocenters. The minimum absolute atomic E-state index is 0.00134. The van der Waals surface area contributed by atoms with Crippen LogP contribution >= 0.6 is 0 Å². The van der Waals surface area contributed by atoms with Gasteiger partial charge in [0.25, 0.3) is 21.8 Å². The van der Waals surface area contributed by atoms with Crippen molar-refractivity contribution in [1.82, 2.24) is 5.32 Å². The van der Waals surface area contributed by atoms with Crippen LogP contribution in [0.15, 0.2) is 77.7 Å². The van der Waals surface area contributed by atoms with Crippen LogP contribution in [0.25, 0.3) is 0 Å². The first-order valence-electron chi connectivity index (χ1n) is 10.6. The van der Waals surface area contributed by atoms with E-state index >= 15 is 0 Å². The first-order chi connectivity index (χ1) is 15.7. The molecule has 0 fully saturated rings. The molecule has 0 radical (unpaired) electrons. The molecule has 3 N–H and O–H groups in total. The molecule has 0 aliphatic carbocycles. The Morgan fingerprint density at radius 2 is 1.55 bits per heavy atom. The number of aryl methyl sites for hydroxylation is 1. The van der Waals surface area contributed by atoms with Crippen LogP contribution in [0.1, 0.15) is 46.5 Å².